The van der Waals surface area contributed by atoms with Crippen LogP contribution >= 0.6 is 0 Å². The normalized spacial score (nSPS) is 17.6. The number of likely N-dealkylation sites (N-methyl/N-ethyl adjacent to an activating group) is 2. The first-order valence-electron chi connectivity index (χ1n) is 7.10. The number of rotatable bonds is 5. The predicted octanol–water partition coefficient (Wildman–Crippen LogP) is 2.06. The summed E-state index contributed by atoms with van der Waals surface area (Å²) in [7, 11) is 3.47. The second-order valence-corrected chi connectivity index (χ2v) is 5.54. The molecular weight excluding hydrogens is 240 g/mol. The third kappa shape index (κ3) is 4.37. The molecule has 0 aromatic rings. The molecule has 1 atom stereocenters. The van der Waals surface area contributed by atoms with Gasteiger partial charge in [0.25, 0.3) is 0 Å². The lowest BCUT2D eigenvalue weighted by atomic mass is 9.84. The Bertz CT molecular complexity index is 335. The van der Waals surface area contributed by atoms with Gasteiger partial charge in [-0.25, -0.2) is 0 Å². The highest BCUT2D eigenvalue weighted by atomic mass is 16.2. The van der Waals surface area contributed by atoms with E-state index in [4.69, 9.17) is 0 Å². The van der Waals surface area contributed by atoms with Crippen LogP contribution < -0.4 is 0 Å². The average Bonchev–Trinajstić information content (AvgIpc) is 2.45. The maximum atomic E-state index is 12.2. The third-order valence-corrected chi connectivity index (χ3v) is 4.26. The van der Waals surface area contributed by atoms with Crippen LogP contribution in [0.3, 0.4) is 0 Å². The third-order valence-electron chi connectivity index (χ3n) is 4.26. The molecule has 0 aromatic heterocycles. The smallest absolute Gasteiger partial charge is 0.246 e. The van der Waals surface area contributed by atoms with Gasteiger partial charge in [-0.15, -0.1) is 0 Å². The van der Waals surface area contributed by atoms with E-state index >= 15 is 0 Å². The van der Waals surface area contributed by atoms with Crippen molar-refractivity contribution in [2.24, 2.45) is 5.92 Å². The van der Waals surface area contributed by atoms with E-state index in [1.165, 1.54) is 43.1 Å². The summed E-state index contributed by atoms with van der Waals surface area (Å²) >= 11 is 0. The van der Waals surface area contributed by atoms with Crippen LogP contribution in [0.4, 0.5) is 0 Å². The minimum Gasteiger partial charge on any atom is -0.341 e. The van der Waals surface area contributed by atoms with Crippen LogP contribution in [0.25, 0.3) is 0 Å². The number of carbonyl (C=O) groups is 2. The monoisotopic (exact) mass is 266 g/mol. The maximum absolute atomic E-state index is 12.2. The average molecular weight is 266 g/mol. The minimum atomic E-state index is -0.216. The summed E-state index contributed by atoms with van der Waals surface area (Å²) in [4.78, 5) is 26.7. The second kappa shape index (κ2) is 7.31. The molecule has 0 bridgehead atoms. The van der Waals surface area contributed by atoms with Crippen molar-refractivity contribution in [3.63, 3.8) is 0 Å². The minimum absolute atomic E-state index is 0.00391. The van der Waals surface area contributed by atoms with Crippen molar-refractivity contribution in [3.05, 3.63) is 12.7 Å². The van der Waals surface area contributed by atoms with Crippen molar-refractivity contribution < 1.29 is 9.59 Å². The van der Waals surface area contributed by atoms with E-state index in [9.17, 15) is 9.59 Å². The fourth-order valence-corrected chi connectivity index (χ4v) is 2.71. The summed E-state index contributed by atoms with van der Waals surface area (Å²) in [5.74, 6) is 0.381. The molecule has 1 saturated carbocycles. The van der Waals surface area contributed by atoms with Gasteiger partial charge < -0.3 is 9.80 Å². The lowest BCUT2D eigenvalue weighted by Crippen LogP contribution is -2.45. The van der Waals surface area contributed by atoms with Crippen molar-refractivity contribution in [2.75, 3.05) is 20.6 Å². The Kier molecular flexibility index (Phi) is 6.06. The number of hydrogen-bond donors (Lipinski definition) is 0. The first kappa shape index (κ1) is 15.7. The molecular formula is C15H26N2O2. The van der Waals surface area contributed by atoms with Crippen LogP contribution in [0.15, 0.2) is 12.7 Å². The largest absolute Gasteiger partial charge is 0.341 e. The summed E-state index contributed by atoms with van der Waals surface area (Å²) in [5.41, 5.74) is 0. The van der Waals surface area contributed by atoms with Gasteiger partial charge in [0.1, 0.15) is 0 Å². The van der Waals surface area contributed by atoms with Crippen molar-refractivity contribution >= 4 is 11.8 Å². The van der Waals surface area contributed by atoms with E-state index in [2.05, 4.69) is 13.5 Å². The summed E-state index contributed by atoms with van der Waals surface area (Å²) < 4.78 is 0. The fraction of sp³-hybridized carbons (Fsp3) is 0.733. The molecule has 0 aliphatic heterocycles. The first-order valence-corrected chi connectivity index (χ1v) is 7.10. The van der Waals surface area contributed by atoms with Gasteiger partial charge in [0.05, 0.1) is 6.54 Å². The molecule has 0 heterocycles. The molecule has 0 aromatic carbocycles. The highest BCUT2D eigenvalue weighted by Gasteiger charge is 2.26. The highest BCUT2D eigenvalue weighted by molar-refractivity contribution is 5.90. The van der Waals surface area contributed by atoms with Gasteiger partial charge in [0.15, 0.2) is 0 Å². The van der Waals surface area contributed by atoms with E-state index in [1.54, 1.807) is 11.9 Å². The summed E-state index contributed by atoms with van der Waals surface area (Å²) in [6, 6.07) is 0.250. The molecule has 108 valence electrons. The molecule has 2 amide bonds. The zero-order valence-electron chi connectivity index (χ0n) is 12.4. The molecule has 0 radical (unpaired) electrons. The second-order valence-electron chi connectivity index (χ2n) is 5.54. The Labute approximate surface area is 116 Å². The first-order chi connectivity index (χ1) is 8.97. The van der Waals surface area contributed by atoms with Gasteiger partial charge in [-0.2, -0.15) is 0 Å². The van der Waals surface area contributed by atoms with Gasteiger partial charge in [-0.05, 0) is 31.8 Å². The molecule has 1 unspecified atom stereocenters. The fourth-order valence-electron chi connectivity index (χ4n) is 2.71. The van der Waals surface area contributed by atoms with Gasteiger partial charge in [0.2, 0.25) is 11.8 Å². The summed E-state index contributed by atoms with van der Waals surface area (Å²) in [5, 5.41) is 0. The molecule has 0 saturated heterocycles. The SMILES string of the molecule is C=CC(=O)N(C)CC(=O)N(C)C(C)C1CCCCC1. The maximum Gasteiger partial charge on any atom is 0.246 e. The number of hydrogen-bond acceptors (Lipinski definition) is 2. The van der Waals surface area contributed by atoms with Crippen LogP contribution in [-0.4, -0.2) is 48.3 Å². The standard InChI is InChI=1S/C15H26N2O2/c1-5-14(18)16(3)11-15(19)17(4)12(2)13-9-7-6-8-10-13/h5,12-13H,1,6-11H2,2-4H3. The van der Waals surface area contributed by atoms with Crippen molar-refractivity contribution in [1.82, 2.24) is 9.80 Å². The van der Waals surface area contributed by atoms with Gasteiger partial charge in [0, 0.05) is 20.1 Å². The van der Waals surface area contributed by atoms with E-state index in [-0.39, 0.29) is 24.4 Å². The zero-order chi connectivity index (χ0) is 14.4. The molecule has 1 fully saturated rings. The number of nitrogens with zero attached hydrogens (tertiary/aromatic N) is 2. The van der Waals surface area contributed by atoms with Crippen molar-refractivity contribution in [2.45, 2.75) is 45.1 Å². The highest BCUT2D eigenvalue weighted by Crippen LogP contribution is 2.28. The van der Waals surface area contributed by atoms with Gasteiger partial charge in [-0.3, -0.25) is 9.59 Å². The quantitative estimate of drug-likeness (QED) is 0.715. The Hall–Kier alpha value is -1.32. The molecule has 0 N–H and O–H groups in total. The van der Waals surface area contributed by atoms with Crippen LogP contribution in [0.1, 0.15) is 39.0 Å². The summed E-state index contributed by atoms with van der Waals surface area (Å²) in [6.45, 7) is 5.66. The lowest BCUT2D eigenvalue weighted by Gasteiger charge is -2.35. The lowest BCUT2D eigenvalue weighted by molar-refractivity contribution is -0.138. The van der Waals surface area contributed by atoms with Crippen LogP contribution in [-0.2, 0) is 9.59 Å². The Morgan fingerprint density at radius 2 is 1.84 bits per heavy atom. The van der Waals surface area contributed by atoms with E-state index in [0.29, 0.717) is 5.92 Å². The molecule has 4 nitrogen and oxygen atoms in total. The van der Waals surface area contributed by atoms with Gasteiger partial charge >= 0.3 is 0 Å². The van der Waals surface area contributed by atoms with Crippen LogP contribution in [0, 0.1) is 5.92 Å². The molecule has 4 heteroatoms. The molecule has 0 spiro atoms. The van der Waals surface area contributed by atoms with Crippen LogP contribution in [0.2, 0.25) is 0 Å². The molecule has 1 aliphatic rings. The van der Waals surface area contributed by atoms with Crippen molar-refractivity contribution in [1.29, 1.82) is 0 Å². The Morgan fingerprint density at radius 3 is 2.37 bits per heavy atom. The van der Waals surface area contributed by atoms with Gasteiger partial charge in [-0.1, -0.05) is 25.8 Å². The number of amides is 2. The van der Waals surface area contributed by atoms with E-state index < -0.39 is 0 Å². The zero-order valence-corrected chi connectivity index (χ0v) is 12.4. The topological polar surface area (TPSA) is 40.6 Å². The Morgan fingerprint density at radius 1 is 1.26 bits per heavy atom. The van der Waals surface area contributed by atoms with E-state index in [0.717, 1.165) is 0 Å². The van der Waals surface area contributed by atoms with Crippen LogP contribution in [0.5, 0.6) is 0 Å². The molecule has 1 aliphatic carbocycles. The predicted molar refractivity (Wildman–Crippen MR) is 76.6 cm³/mol. The van der Waals surface area contributed by atoms with E-state index in [1.807, 2.05) is 7.05 Å². The molecule has 19 heavy (non-hydrogen) atoms. The summed E-state index contributed by atoms with van der Waals surface area (Å²) in [6.07, 6.45) is 7.51. The van der Waals surface area contributed by atoms with Crippen molar-refractivity contribution in [3.8, 4) is 0 Å². The Balaban J connectivity index is 2.50. The molecule has 1 rings (SSSR count). The number of carbonyl (C=O) groups excluding carboxylic acids is 2.